The number of aryl methyl sites for hydroxylation is 1. The zero-order valence-corrected chi connectivity index (χ0v) is 21.1. The fraction of sp³-hybridized carbons (Fsp3) is 0.619. The molecule has 2 aromatic rings. The van der Waals surface area contributed by atoms with Gasteiger partial charge in [-0.2, -0.15) is 0 Å². The van der Waals surface area contributed by atoms with Gasteiger partial charge in [-0.3, -0.25) is 9.89 Å². The second-order valence-electron chi connectivity index (χ2n) is 7.39. The number of hydrogen-bond donors (Lipinski definition) is 2. The van der Waals surface area contributed by atoms with E-state index in [1.54, 1.807) is 17.6 Å². The van der Waals surface area contributed by atoms with E-state index < -0.39 is 0 Å². The van der Waals surface area contributed by atoms with E-state index in [1.165, 1.54) is 4.88 Å². The molecular weight excluding hydrogens is 513 g/mol. The standard InChI is InChI=1S/C21H33N5O2S.HI/c1-17(20-24-16-18(2)29-20)15-25-21(23-8-6-19-5-3-12-28-19)22-7-4-9-26-10-13-27-14-11-26;/h3,5,12,16-17H,4,6-11,13-15H2,1-2H3,(H2,22,23,25);1H. The molecule has 0 bridgehead atoms. The van der Waals surface area contributed by atoms with E-state index in [1.807, 2.05) is 18.3 Å². The van der Waals surface area contributed by atoms with Gasteiger partial charge >= 0.3 is 0 Å². The smallest absolute Gasteiger partial charge is 0.191 e. The number of nitrogens with one attached hydrogen (secondary N) is 2. The highest BCUT2D eigenvalue weighted by atomic mass is 127. The Morgan fingerprint density at radius 2 is 2.10 bits per heavy atom. The van der Waals surface area contributed by atoms with Crippen molar-refractivity contribution in [2.24, 2.45) is 4.99 Å². The van der Waals surface area contributed by atoms with Crippen molar-refractivity contribution in [3.8, 4) is 0 Å². The van der Waals surface area contributed by atoms with Crippen LogP contribution in [0.5, 0.6) is 0 Å². The van der Waals surface area contributed by atoms with Gasteiger partial charge in [0.2, 0.25) is 0 Å². The Morgan fingerprint density at radius 1 is 1.30 bits per heavy atom. The average Bonchev–Trinajstić information content (AvgIpc) is 3.41. The predicted molar refractivity (Wildman–Crippen MR) is 133 cm³/mol. The van der Waals surface area contributed by atoms with E-state index in [2.05, 4.69) is 34.4 Å². The molecule has 9 heteroatoms. The van der Waals surface area contributed by atoms with Crippen molar-refractivity contribution >= 4 is 41.3 Å². The van der Waals surface area contributed by atoms with Gasteiger partial charge in [0.25, 0.3) is 0 Å². The number of guanidine groups is 1. The summed E-state index contributed by atoms with van der Waals surface area (Å²) in [6.07, 6.45) is 5.57. The van der Waals surface area contributed by atoms with E-state index in [9.17, 15) is 0 Å². The van der Waals surface area contributed by atoms with Gasteiger partial charge in [0.05, 0.1) is 31.0 Å². The first-order valence-electron chi connectivity index (χ1n) is 10.5. The lowest BCUT2D eigenvalue weighted by atomic mass is 10.2. The third kappa shape index (κ3) is 8.91. The van der Waals surface area contributed by atoms with Crippen LogP contribution >= 0.6 is 35.3 Å². The molecule has 1 unspecified atom stereocenters. The highest BCUT2D eigenvalue weighted by Crippen LogP contribution is 2.21. The number of ether oxygens (including phenoxy) is 1. The van der Waals surface area contributed by atoms with Crippen molar-refractivity contribution in [2.45, 2.75) is 32.6 Å². The van der Waals surface area contributed by atoms with Crippen LogP contribution in [-0.2, 0) is 11.2 Å². The molecule has 1 atom stereocenters. The molecule has 30 heavy (non-hydrogen) atoms. The molecule has 2 aromatic heterocycles. The van der Waals surface area contributed by atoms with E-state index >= 15 is 0 Å². The predicted octanol–water partition coefficient (Wildman–Crippen LogP) is 3.27. The van der Waals surface area contributed by atoms with Gasteiger partial charge in [-0.1, -0.05) is 6.92 Å². The summed E-state index contributed by atoms with van der Waals surface area (Å²) in [5, 5.41) is 8.07. The largest absolute Gasteiger partial charge is 0.469 e. The molecule has 0 amide bonds. The van der Waals surface area contributed by atoms with E-state index in [4.69, 9.17) is 14.1 Å². The summed E-state index contributed by atoms with van der Waals surface area (Å²) in [6, 6.07) is 3.92. The van der Waals surface area contributed by atoms with Crippen LogP contribution in [0.1, 0.15) is 34.9 Å². The first-order valence-corrected chi connectivity index (χ1v) is 11.3. The molecule has 0 aliphatic carbocycles. The number of thiazole rings is 1. The number of aromatic nitrogens is 1. The normalized spacial score (nSPS) is 16.1. The van der Waals surface area contributed by atoms with Gasteiger partial charge < -0.3 is 19.8 Å². The molecule has 0 radical (unpaired) electrons. The molecule has 168 valence electrons. The number of rotatable bonds is 10. The molecule has 1 fully saturated rings. The summed E-state index contributed by atoms with van der Waals surface area (Å²) in [6.45, 7) is 11.5. The molecule has 0 saturated carbocycles. The third-order valence-electron chi connectivity index (χ3n) is 4.88. The molecular formula is C21H34IN5O2S. The summed E-state index contributed by atoms with van der Waals surface area (Å²) in [5.41, 5.74) is 0. The molecule has 7 nitrogen and oxygen atoms in total. The number of morpholine rings is 1. The Balaban J connectivity index is 0.00000320. The fourth-order valence-electron chi connectivity index (χ4n) is 3.17. The van der Waals surface area contributed by atoms with Gasteiger partial charge in [-0.25, -0.2) is 4.98 Å². The SMILES string of the molecule is Cc1cnc(C(C)CN=C(NCCCN2CCOCC2)NCCc2ccco2)s1.I. The van der Waals surface area contributed by atoms with Crippen LogP contribution < -0.4 is 10.6 Å². The molecule has 3 heterocycles. The zero-order chi connectivity index (χ0) is 20.3. The molecule has 1 aliphatic rings. The maximum Gasteiger partial charge on any atom is 0.191 e. The van der Waals surface area contributed by atoms with Crippen LogP contribution in [-0.4, -0.2) is 68.3 Å². The van der Waals surface area contributed by atoms with Crippen LogP contribution in [0, 0.1) is 6.92 Å². The highest BCUT2D eigenvalue weighted by molar-refractivity contribution is 14.0. The third-order valence-corrected chi connectivity index (χ3v) is 6.02. The minimum Gasteiger partial charge on any atom is -0.469 e. The van der Waals surface area contributed by atoms with Gasteiger partial charge in [-0.15, -0.1) is 35.3 Å². The summed E-state index contributed by atoms with van der Waals surface area (Å²) < 4.78 is 10.8. The summed E-state index contributed by atoms with van der Waals surface area (Å²) in [5.74, 6) is 2.15. The van der Waals surface area contributed by atoms with Crippen molar-refractivity contribution in [3.63, 3.8) is 0 Å². The Bertz CT molecular complexity index is 732. The minimum atomic E-state index is 0. The second-order valence-corrected chi connectivity index (χ2v) is 8.66. The van der Waals surface area contributed by atoms with Crippen LogP contribution in [0.4, 0.5) is 0 Å². The van der Waals surface area contributed by atoms with Crippen LogP contribution in [0.15, 0.2) is 34.0 Å². The second kappa shape index (κ2) is 14.0. The number of halogens is 1. The lowest BCUT2D eigenvalue weighted by Gasteiger charge is -2.26. The van der Waals surface area contributed by atoms with Gasteiger partial charge in [0.1, 0.15) is 5.76 Å². The van der Waals surface area contributed by atoms with Gasteiger partial charge in [-0.05, 0) is 32.0 Å². The van der Waals surface area contributed by atoms with E-state index in [0.29, 0.717) is 12.5 Å². The summed E-state index contributed by atoms with van der Waals surface area (Å²) in [7, 11) is 0. The number of nitrogens with zero attached hydrogens (tertiary/aromatic N) is 3. The van der Waals surface area contributed by atoms with Crippen molar-refractivity contribution in [3.05, 3.63) is 40.2 Å². The van der Waals surface area contributed by atoms with E-state index in [0.717, 1.165) is 75.5 Å². The summed E-state index contributed by atoms with van der Waals surface area (Å²) >= 11 is 1.75. The Kier molecular flexibility index (Phi) is 11.7. The first kappa shape index (κ1) is 25.1. The molecule has 2 N–H and O–H groups in total. The molecule has 1 aliphatic heterocycles. The Morgan fingerprint density at radius 3 is 2.80 bits per heavy atom. The maximum atomic E-state index is 5.42. The first-order chi connectivity index (χ1) is 14.2. The molecule has 1 saturated heterocycles. The van der Waals surface area contributed by atoms with Crippen molar-refractivity contribution in [2.75, 3.05) is 52.5 Å². The molecule has 0 spiro atoms. The quantitative estimate of drug-likeness (QED) is 0.206. The zero-order valence-electron chi connectivity index (χ0n) is 17.9. The number of aliphatic imine (C=N–C) groups is 1. The van der Waals surface area contributed by atoms with Crippen LogP contribution in [0.2, 0.25) is 0 Å². The van der Waals surface area contributed by atoms with Crippen molar-refractivity contribution in [1.82, 2.24) is 20.5 Å². The van der Waals surface area contributed by atoms with Crippen LogP contribution in [0.3, 0.4) is 0 Å². The van der Waals surface area contributed by atoms with Gasteiger partial charge in [0, 0.05) is 49.6 Å². The number of hydrogen-bond acceptors (Lipinski definition) is 6. The lowest BCUT2D eigenvalue weighted by Crippen LogP contribution is -2.41. The van der Waals surface area contributed by atoms with Crippen molar-refractivity contribution < 1.29 is 9.15 Å². The maximum absolute atomic E-state index is 5.42. The average molecular weight is 548 g/mol. The van der Waals surface area contributed by atoms with E-state index in [-0.39, 0.29) is 24.0 Å². The topological polar surface area (TPSA) is 74.9 Å². The Labute approximate surface area is 200 Å². The number of furan rings is 1. The molecule has 0 aromatic carbocycles. The van der Waals surface area contributed by atoms with Crippen LogP contribution in [0.25, 0.3) is 0 Å². The minimum absolute atomic E-state index is 0. The summed E-state index contributed by atoms with van der Waals surface area (Å²) in [4.78, 5) is 13.0. The van der Waals surface area contributed by atoms with Gasteiger partial charge in [0.15, 0.2) is 5.96 Å². The monoisotopic (exact) mass is 547 g/mol. The lowest BCUT2D eigenvalue weighted by molar-refractivity contribution is 0.0376. The highest BCUT2D eigenvalue weighted by Gasteiger charge is 2.11. The van der Waals surface area contributed by atoms with Crippen molar-refractivity contribution in [1.29, 1.82) is 0 Å². The fourth-order valence-corrected chi connectivity index (χ4v) is 3.99. The Hall–Kier alpha value is -1.17. The molecule has 3 rings (SSSR count).